The lowest BCUT2D eigenvalue weighted by molar-refractivity contribution is -0.130. The summed E-state index contributed by atoms with van der Waals surface area (Å²) in [5, 5.41) is 0. The zero-order valence-corrected chi connectivity index (χ0v) is 17.8. The van der Waals surface area contributed by atoms with E-state index in [1.807, 2.05) is 43.4 Å². The van der Waals surface area contributed by atoms with Crippen LogP contribution in [0.5, 0.6) is 0 Å². The molecule has 5 nitrogen and oxygen atoms in total. The highest BCUT2D eigenvalue weighted by Gasteiger charge is 2.17. The van der Waals surface area contributed by atoms with Crippen molar-refractivity contribution in [1.29, 1.82) is 0 Å². The van der Waals surface area contributed by atoms with Crippen LogP contribution in [0, 0.1) is 0 Å². The van der Waals surface area contributed by atoms with Crippen molar-refractivity contribution in [3.8, 4) is 0 Å². The number of hydrogen-bond donors (Lipinski definition) is 1. The molecule has 28 heavy (non-hydrogen) atoms. The number of aryl methyl sites for hydroxylation is 1. The van der Waals surface area contributed by atoms with E-state index in [4.69, 9.17) is 10.5 Å². The number of morpholine rings is 1. The van der Waals surface area contributed by atoms with Gasteiger partial charge in [0.15, 0.2) is 0 Å². The van der Waals surface area contributed by atoms with Gasteiger partial charge in [0, 0.05) is 44.5 Å². The number of carbonyl (C=O) groups is 1. The molecular weight excluding hydrogens is 397 g/mol. The van der Waals surface area contributed by atoms with Crippen LogP contribution in [0.15, 0.2) is 48.5 Å². The van der Waals surface area contributed by atoms with E-state index < -0.39 is 0 Å². The molecule has 2 aromatic rings. The van der Waals surface area contributed by atoms with Gasteiger partial charge < -0.3 is 20.3 Å². The van der Waals surface area contributed by atoms with E-state index in [2.05, 4.69) is 17.0 Å². The normalized spacial score (nSPS) is 13.2. The monoisotopic (exact) mass is 425 g/mol. The highest BCUT2D eigenvalue weighted by molar-refractivity contribution is 5.85. The molecule has 0 aliphatic carbocycles. The third-order valence-corrected chi connectivity index (χ3v) is 4.84. The van der Waals surface area contributed by atoms with Gasteiger partial charge in [-0.3, -0.25) is 4.79 Å². The van der Waals surface area contributed by atoms with Crippen LogP contribution in [0.2, 0.25) is 0 Å². The second kappa shape index (κ2) is 11.8. The van der Waals surface area contributed by atoms with Gasteiger partial charge >= 0.3 is 0 Å². The molecule has 0 atom stereocenters. The SMILES string of the molecule is CN(Cc1ccccc1N1CCOCC1)C(=O)CCc1ccccc1N.Cl.Cl. The van der Waals surface area contributed by atoms with Gasteiger partial charge in [-0.25, -0.2) is 0 Å². The van der Waals surface area contributed by atoms with Crippen molar-refractivity contribution < 1.29 is 9.53 Å². The molecule has 1 aliphatic heterocycles. The van der Waals surface area contributed by atoms with Gasteiger partial charge in [0.2, 0.25) is 5.91 Å². The van der Waals surface area contributed by atoms with Crippen LogP contribution in [0.25, 0.3) is 0 Å². The predicted molar refractivity (Wildman–Crippen MR) is 120 cm³/mol. The summed E-state index contributed by atoms with van der Waals surface area (Å²) >= 11 is 0. The van der Waals surface area contributed by atoms with Gasteiger partial charge in [0.05, 0.1) is 13.2 Å². The number of nitrogens with two attached hydrogens (primary N) is 1. The molecule has 3 rings (SSSR count). The molecule has 1 saturated heterocycles. The van der Waals surface area contributed by atoms with E-state index in [-0.39, 0.29) is 30.7 Å². The lowest BCUT2D eigenvalue weighted by atomic mass is 10.1. The van der Waals surface area contributed by atoms with E-state index in [9.17, 15) is 4.79 Å². The van der Waals surface area contributed by atoms with E-state index in [0.717, 1.165) is 37.6 Å². The number of para-hydroxylation sites is 2. The average molecular weight is 426 g/mol. The molecule has 0 bridgehead atoms. The second-order valence-electron chi connectivity index (χ2n) is 6.68. The Hall–Kier alpha value is -1.95. The fourth-order valence-corrected chi connectivity index (χ4v) is 3.30. The molecule has 0 unspecified atom stereocenters. The van der Waals surface area contributed by atoms with Crippen molar-refractivity contribution in [3.05, 3.63) is 59.7 Å². The third kappa shape index (κ3) is 6.30. The summed E-state index contributed by atoms with van der Waals surface area (Å²) in [7, 11) is 1.87. The van der Waals surface area contributed by atoms with Crippen molar-refractivity contribution in [2.24, 2.45) is 0 Å². The lowest BCUT2D eigenvalue weighted by Crippen LogP contribution is -2.37. The fourth-order valence-electron chi connectivity index (χ4n) is 3.30. The number of nitrogen functional groups attached to an aromatic ring is 1. The molecule has 1 amide bonds. The minimum Gasteiger partial charge on any atom is -0.399 e. The maximum absolute atomic E-state index is 12.6. The molecule has 1 heterocycles. The predicted octanol–water partition coefficient (Wildman–Crippen LogP) is 3.54. The standard InChI is InChI=1S/C21H27N3O2.2ClH/c1-23(21(25)11-10-17-6-2-4-8-19(17)22)16-18-7-3-5-9-20(18)24-12-14-26-15-13-24;;/h2-9H,10-16,22H2,1H3;2*1H. The Labute approximate surface area is 179 Å². The zero-order chi connectivity index (χ0) is 18.4. The van der Waals surface area contributed by atoms with Gasteiger partial charge in [-0.2, -0.15) is 0 Å². The lowest BCUT2D eigenvalue weighted by Gasteiger charge is -2.31. The van der Waals surface area contributed by atoms with E-state index >= 15 is 0 Å². The first kappa shape index (κ1) is 24.1. The number of carbonyl (C=O) groups excluding carboxylic acids is 1. The maximum atomic E-state index is 12.6. The molecule has 0 aromatic heterocycles. The van der Waals surface area contributed by atoms with Crippen LogP contribution in [0.3, 0.4) is 0 Å². The molecule has 7 heteroatoms. The first-order valence-electron chi connectivity index (χ1n) is 9.13. The molecule has 2 aromatic carbocycles. The quantitative estimate of drug-likeness (QED) is 0.718. The number of hydrogen-bond acceptors (Lipinski definition) is 4. The third-order valence-electron chi connectivity index (χ3n) is 4.84. The van der Waals surface area contributed by atoms with Crippen LogP contribution in [0.4, 0.5) is 11.4 Å². The second-order valence-corrected chi connectivity index (χ2v) is 6.68. The van der Waals surface area contributed by atoms with Gasteiger partial charge in [-0.05, 0) is 29.7 Å². The number of amides is 1. The Bertz CT molecular complexity index is 752. The minimum atomic E-state index is 0. The Morgan fingerprint density at radius 1 is 1.04 bits per heavy atom. The number of benzene rings is 2. The van der Waals surface area contributed by atoms with Gasteiger partial charge in [-0.1, -0.05) is 36.4 Å². The summed E-state index contributed by atoms with van der Waals surface area (Å²) < 4.78 is 5.45. The summed E-state index contributed by atoms with van der Waals surface area (Å²) in [5.74, 6) is 0.130. The summed E-state index contributed by atoms with van der Waals surface area (Å²) in [6.07, 6.45) is 1.13. The van der Waals surface area contributed by atoms with E-state index in [1.165, 1.54) is 11.3 Å². The minimum absolute atomic E-state index is 0. The van der Waals surface area contributed by atoms with Crippen molar-refractivity contribution in [2.45, 2.75) is 19.4 Å². The average Bonchev–Trinajstić information content (AvgIpc) is 2.68. The molecular formula is C21H29Cl2N3O2. The van der Waals surface area contributed by atoms with E-state index in [0.29, 0.717) is 19.4 Å². The molecule has 2 N–H and O–H groups in total. The number of anilines is 2. The van der Waals surface area contributed by atoms with Crippen molar-refractivity contribution >= 4 is 42.1 Å². The number of halogens is 2. The smallest absolute Gasteiger partial charge is 0.222 e. The van der Waals surface area contributed by atoms with Crippen LogP contribution < -0.4 is 10.6 Å². The summed E-state index contributed by atoms with van der Waals surface area (Å²) in [6.45, 7) is 3.89. The number of nitrogens with zero attached hydrogens (tertiary/aromatic N) is 2. The summed E-state index contributed by atoms with van der Waals surface area (Å²) in [4.78, 5) is 16.7. The molecule has 0 saturated carbocycles. The largest absolute Gasteiger partial charge is 0.399 e. The highest BCUT2D eigenvalue weighted by atomic mass is 35.5. The first-order chi connectivity index (χ1) is 12.6. The van der Waals surface area contributed by atoms with Crippen molar-refractivity contribution in [3.63, 3.8) is 0 Å². The Kier molecular flexibility index (Phi) is 10.1. The van der Waals surface area contributed by atoms with Gasteiger partial charge in [-0.15, -0.1) is 24.8 Å². The highest BCUT2D eigenvalue weighted by Crippen LogP contribution is 2.23. The molecule has 0 radical (unpaired) electrons. The number of ether oxygens (including phenoxy) is 1. The fraction of sp³-hybridized carbons (Fsp3) is 0.381. The Balaban J connectivity index is 0.00000196. The molecule has 0 spiro atoms. The van der Waals surface area contributed by atoms with Crippen molar-refractivity contribution in [2.75, 3.05) is 44.0 Å². The Morgan fingerprint density at radius 3 is 2.32 bits per heavy atom. The Morgan fingerprint density at radius 2 is 1.64 bits per heavy atom. The number of rotatable bonds is 6. The van der Waals surface area contributed by atoms with Crippen LogP contribution in [-0.4, -0.2) is 44.2 Å². The van der Waals surface area contributed by atoms with Crippen molar-refractivity contribution in [1.82, 2.24) is 4.90 Å². The van der Waals surface area contributed by atoms with Crippen LogP contribution in [0.1, 0.15) is 17.5 Å². The molecule has 154 valence electrons. The van der Waals surface area contributed by atoms with Gasteiger partial charge in [0.1, 0.15) is 0 Å². The first-order valence-corrected chi connectivity index (χ1v) is 9.13. The van der Waals surface area contributed by atoms with E-state index in [1.54, 1.807) is 4.90 Å². The van der Waals surface area contributed by atoms with Crippen LogP contribution in [-0.2, 0) is 22.5 Å². The summed E-state index contributed by atoms with van der Waals surface area (Å²) in [5.41, 5.74) is 10.1. The van der Waals surface area contributed by atoms with Gasteiger partial charge in [0.25, 0.3) is 0 Å². The summed E-state index contributed by atoms with van der Waals surface area (Å²) in [6, 6.07) is 16.0. The maximum Gasteiger partial charge on any atom is 0.222 e. The molecule has 1 fully saturated rings. The van der Waals surface area contributed by atoms with Crippen LogP contribution >= 0.6 is 24.8 Å². The topological polar surface area (TPSA) is 58.8 Å². The zero-order valence-electron chi connectivity index (χ0n) is 16.2. The molecule has 1 aliphatic rings.